The van der Waals surface area contributed by atoms with Gasteiger partial charge in [0, 0.05) is 25.3 Å². The van der Waals surface area contributed by atoms with Gasteiger partial charge >= 0.3 is 0 Å². The summed E-state index contributed by atoms with van der Waals surface area (Å²) in [7, 11) is -2.48. The quantitative estimate of drug-likeness (QED) is 0.794. The summed E-state index contributed by atoms with van der Waals surface area (Å²) in [4.78, 5) is 23.4. The summed E-state index contributed by atoms with van der Waals surface area (Å²) in [5, 5.41) is 5.31. The number of rotatable bonds is 6. The molecule has 2 aromatic carbocycles. The lowest BCUT2D eigenvalue weighted by molar-refractivity contribution is -0.116. The number of nitrogens with one attached hydrogen (secondary N) is 2. The van der Waals surface area contributed by atoms with Gasteiger partial charge in [-0.3, -0.25) is 9.59 Å². The molecular formula is C19H23N3O4S. The number of amides is 2. The van der Waals surface area contributed by atoms with Crippen LogP contribution in [0.5, 0.6) is 0 Å². The molecule has 0 heterocycles. The first-order chi connectivity index (χ1) is 12.6. The highest BCUT2D eigenvalue weighted by atomic mass is 32.2. The van der Waals surface area contributed by atoms with E-state index in [9.17, 15) is 18.0 Å². The summed E-state index contributed by atoms with van der Waals surface area (Å²) >= 11 is 0. The van der Waals surface area contributed by atoms with Gasteiger partial charge in [-0.15, -0.1) is 0 Å². The second-order valence-corrected chi connectivity index (χ2v) is 8.38. The second kappa shape index (κ2) is 8.32. The van der Waals surface area contributed by atoms with Gasteiger partial charge in [0.1, 0.15) is 0 Å². The molecule has 0 radical (unpaired) electrons. The van der Waals surface area contributed by atoms with Gasteiger partial charge in [-0.25, -0.2) is 8.42 Å². The van der Waals surface area contributed by atoms with Crippen molar-refractivity contribution in [2.24, 2.45) is 0 Å². The van der Waals surface area contributed by atoms with Gasteiger partial charge in [0.15, 0.2) is 0 Å². The number of benzene rings is 2. The molecule has 0 aromatic heterocycles. The van der Waals surface area contributed by atoms with E-state index in [2.05, 4.69) is 10.6 Å². The van der Waals surface area contributed by atoms with E-state index in [0.717, 1.165) is 15.4 Å². The summed E-state index contributed by atoms with van der Waals surface area (Å²) in [5.41, 5.74) is 3.05. The Morgan fingerprint density at radius 2 is 1.63 bits per heavy atom. The Hall–Kier alpha value is -2.71. The number of carbonyl (C=O) groups is 2. The minimum atomic E-state index is -3.83. The zero-order valence-corrected chi connectivity index (χ0v) is 16.6. The zero-order chi connectivity index (χ0) is 20.2. The molecule has 0 fully saturated rings. The molecule has 2 amide bonds. The lowest BCUT2D eigenvalue weighted by atomic mass is 10.1. The third kappa shape index (κ3) is 5.38. The minimum Gasteiger partial charge on any atom is -0.326 e. The van der Waals surface area contributed by atoms with Gasteiger partial charge in [0.2, 0.25) is 21.8 Å². The third-order valence-corrected chi connectivity index (χ3v) is 5.73. The first-order valence-corrected chi connectivity index (χ1v) is 9.74. The Morgan fingerprint density at radius 1 is 1.00 bits per heavy atom. The maximum atomic E-state index is 12.6. The smallest absolute Gasteiger partial charge is 0.243 e. The van der Waals surface area contributed by atoms with E-state index < -0.39 is 15.9 Å². The molecule has 27 heavy (non-hydrogen) atoms. The maximum Gasteiger partial charge on any atom is 0.243 e. The minimum absolute atomic E-state index is 0.0404. The van der Waals surface area contributed by atoms with E-state index >= 15 is 0 Å². The molecule has 0 unspecified atom stereocenters. The number of carbonyl (C=O) groups excluding carboxylic acids is 2. The predicted octanol–water partition coefficient (Wildman–Crippen LogP) is 2.52. The summed E-state index contributed by atoms with van der Waals surface area (Å²) in [6.07, 6.45) is 0. The largest absolute Gasteiger partial charge is 0.326 e. The molecule has 7 nitrogen and oxygen atoms in total. The summed E-state index contributed by atoms with van der Waals surface area (Å²) in [5.74, 6) is -0.671. The Morgan fingerprint density at radius 3 is 2.22 bits per heavy atom. The maximum absolute atomic E-state index is 12.6. The van der Waals surface area contributed by atoms with Crippen molar-refractivity contribution in [1.82, 2.24) is 4.31 Å². The summed E-state index contributed by atoms with van der Waals surface area (Å²) in [6.45, 7) is 4.83. The van der Waals surface area contributed by atoms with Gasteiger partial charge in [-0.1, -0.05) is 12.1 Å². The van der Waals surface area contributed by atoms with Crippen LogP contribution in [0.4, 0.5) is 11.4 Å². The fourth-order valence-corrected chi connectivity index (χ4v) is 3.57. The number of nitrogens with zero attached hydrogens (tertiary/aromatic N) is 1. The van der Waals surface area contributed by atoms with Crippen LogP contribution < -0.4 is 10.6 Å². The second-order valence-electron chi connectivity index (χ2n) is 6.33. The van der Waals surface area contributed by atoms with Crippen molar-refractivity contribution in [3.63, 3.8) is 0 Å². The third-order valence-electron chi connectivity index (χ3n) is 3.92. The molecule has 2 N–H and O–H groups in total. The van der Waals surface area contributed by atoms with Gasteiger partial charge in [0.05, 0.1) is 11.4 Å². The number of hydrogen-bond acceptors (Lipinski definition) is 4. The molecule has 0 atom stereocenters. The number of anilines is 2. The van der Waals surface area contributed by atoms with E-state index in [-0.39, 0.29) is 17.3 Å². The van der Waals surface area contributed by atoms with Crippen LogP contribution in [0.2, 0.25) is 0 Å². The Kier molecular flexibility index (Phi) is 6.35. The van der Waals surface area contributed by atoms with E-state index in [4.69, 9.17) is 0 Å². The van der Waals surface area contributed by atoms with Crippen LogP contribution in [-0.4, -0.2) is 38.1 Å². The van der Waals surface area contributed by atoms with Crippen molar-refractivity contribution < 1.29 is 18.0 Å². The van der Waals surface area contributed by atoms with Crippen molar-refractivity contribution in [3.8, 4) is 0 Å². The lowest BCUT2D eigenvalue weighted by Crippen LogP contribution is -2.35. The summed E-state index contributed by atoms with van der Waals surface area (Å²) < 4.78 is 26.3. The molecule has 0 saturated carbocycles. The van der Waals surface area contributed by atoms with Crippen molar-refractivity contribution in [2.75, 3.05) is 24.2 Å². The average Bonchev–Trinajstić information content (AvgIpc) is 2.58. The highest BCUT2D eigenvalue weighted by molar-refractivity contribution is 7.89. The van der Waals surface area contributed by atoms with Crippen LogP contribution in [-0.2, 0) is 19.6 Å². The molecule has 0 aliphatic carbocycles. The lowest BCUT2D eigenvalue weighted by Gasteiger charge is -2.18. The van der Waals surface area contributed by atoms with Crippen LogP contribution in [0.25, 0.3) is 0 Å². The Balaban J connectivity index is 2.09. The van der Waals surface area contributed by atoms with E-state index in [1.54, 1.807) is 0 Å². The standard InChI is InChI=1S/C19H23N3O4S/c1-13-5-6-14(2)18(11-13)21-19(24)12-22(4)27(25,26)17-9-7-16(8-10-17)20-15(3)23/h5-11H,12H2,1-4H3,(H,20,23)(H,21,24). The van der Waals surface area contributed by atoms with Crippen LogP contribution in [0.15, 0.2) is 47.4 Å². The molecule has 0 aliphatic heterocycles. The van der Waals surface area contributed by atoms with Crippen molar-refractivity contribution in [2.45, 2.75) is 25.7 Å². The van der Waals surface area contributed by atoms with Crippen molar-refractivity contribution in [3.05, 3.63) is 53.6 Å². The molecule has 2 rings (SSSR count). The molecule has 0 spiro atoms. The van der Waals surface area contributed by atoms with E-state index in [1.807, 2.05) is 32.0 Å². The molecule has 144 valence electrons. The Labute approximate surface area is 159 Å². The summed E-state index contributed by atoms with van der Waals surface area (Å²) in [6, 6.07) is 11.4. The highest BCUT2D eigenvalue weighted by Gasteiger charge is 2.23. The Bertz CT molecular complexity index is 953. The average molecular weight is 389 g/mol. The number of sulfonamides is 1. The monoisotopic (exact) mass is 389 g/mol. The van der Waals surface area contributed by atoms with Crippen molar-refractivity contribution >= 4 is 33.2 Å². The van der Waals surface area contributed by atoms with E-state index in [1.165, 1.54) is 38.2 Å². The van der Waals surface area contributed by atoms with Gasteiger partial charge in [0.25, 0.3) is 0 Å². The highest BCUT2D eigenvalue weighted by Crippen LogP contribution is 2.19. The topological polar surface area (TPSA) is 95.6 Å². The van der Waals surface area contributed by atoms with Gasteiger partial charge in [-0.2, -0.15) is 4.31 Å². The number of hydrogen-bond donors (Lipinski definition) is 2. The fourth-order valence-electron chi connectivity index (χ4n) is 2.44. The fraction of sp³-hybridized carbons (Fsp3) is 0.263. The molecule has 2 aromatic rings. The predicted molar refractivity (Wildman–Crippen MR) is 105 cm³/mol. The van der Waals surface area contributed by atoms with Gasteiger partial charge in [-0.05, 0) is 55.3 Å². The zero-order valence-electron chi connectivity index (χ0n) is 15.7. The van der Waals surface area contributed by atoms with E-state index in [0.29, 0.717) is 11.4 Å². The van der Waals surface area contributed by atoms with Crippen molar-refractivity contribution in [1.29, 1.82) is 0 Å². The molecule has 0 saturated heterocycles. The molecule has 8 heteroatoms. The molecule has 0 aliphatic rings. The first-order valence-electron chi connectivity index (χ1n) is 8.30. The SMILES string of the molecule is CC(=O)Nc1ccc(S(=O)(=O)N(C)CC(=O)Nc2cc(C)ccc2C)cc1. The van der Waals surface area contributed by atoms with Crippen LogP contribution in [0.1, 0.15) is 18.1 Å². The molecular weight excluding hydrogens is 366 g/mol. The van der Waals surface area contributed by atoms with Crippen LogP contribution in [0.3, 0.4) is 0 Å². The number of aryl methyl sites for hydroxylation is 2. The van der Waals surface area contributed by atoms with Gasteiger partial charge < -0.3 is 10.6 Å². The first kappa shape index (κ1) is 20.6. The molecule has 0 bridgehead atoms. The number of likely N-dealkylation sites (N-methyl/N-ethyl adjacent to an activating group) is 1. The normalized spacial score (nSPS) is 11.3. The van der Waals surface area contributed by atoms with Crippen LogP contribution in [0, 0.1) is 13.8 Å². The van der Waals surface area contributed by atoms with Crippen LogP contribution >= 0.6 is 0 Å².